The van der Waals surface area contributed by atoms with E-state index in [2.05, 4.69) is 41.5 Å². The van der Waals surface area contributed by atoms with Crippen LogP contribution in [0.15, 0.2) is 0 Å². The average Bonchev–Trinajstić information content (AvgIpc) is 1.77. The Hall–Kier alpha value is 1.15. The molecule has 1 unspecified atom stereocenters. The number of rotatable bonds is 1. The van der Waals surface area contributed by atoms with Crippen molar-refractivity contribution in [3.05, 3.63) is 0 Å². The van der Waals surface area contributed by atoms with Gasteiger partial charge in [-0.1, -0.05) is 85.1 Å². The lowest BCUT2D eigenvalue weighted by atomic mass is 10.3. The van der Waals surface area contributed by atoms with Gasteiger partial charge in [0.25, 0.3) is 0 Å². The molecule has 4 heteroatoms. The van der Waals surface area contributed by atoms with Crippen molar-refractivity contribution < 1.29 is 0 Å². The number of hydrogen-bond acceptors (Lipinski definition) is 1. The molecule has 0 saturated carbocycles. The van der Waals surface area contributed by atoms with Crippen LogP contribution in [0.4, 0.5) is 0 Å². The molecule has 0 N–H and O–H groups in total. The van der Waals surface area contributed by atoms with E-state index in [1.54, 1.807) is 0 Å². The fourth-order valence-electron chi connectivity index (χ4n) is 0.638. The van der Waals surface area contributed by atoms with Crippen LogP contribution in [0, 0.1) is 0 Å². The summed E-state index contributed by atoms with van der Waals surface area (Å²) in [4.78, 5) is 0. The van der Waals surface area contributed by atoms with Gasteiger partial charge in [-0.05, 0) is 0 Å². The van der Waals surface area contributed by atoms with Crippen molar-refractivity contribution in [2.45, 2.75) is 51.0 Å². The zero-order chi connectivity index (χ0) is 10.9. The van der Waals surface area contributed by atoms with Crippen molar-refractivity contribution in [3.8, 4) is 0 Å². The van der Waals surface area contributed by atoms with E-state index < -0.39 is 0 Å². The van der Waals surface area contributed by atoms with Crippen molar-refractivity contribution in [1.82, 2.24) is 0 Å². The fraction of sp³-hybridized carbons (Fsp3) is 0.889. The average molecular weight is 261 g/mol. The largest absolute Gasteiger partial charge is 0.140 e. The first kappa shape index (κ1) is 14.2. The smallest absolute Gasteiger partial charge is 0.0921 e. The van der Waals surface area contributed by atoms with Crippen molar-refractivity contribution in [2.24, 2.45) is 0 Å². The maximum Gasteiger partial charge on any atom is 0.140 e. The normalized spacial score (nSPS) is 15.7. The van der Waals surface area contributed by atoms with Crippen LogP contribution >= 0.6 is 43.5 Å². The molecule has 0 radical (unpaired) electrons. The number of hydrogen-bond donors (Lipinski definition) is 0. The summed E-state index contributed by atoms with van der Waals surface area (Å²) in [6.45, 7) is 13.0. The second-order valence-electron chi connectivity index (χ2n) is 4.80. The highest BCUT2D eigenvalue weighted by Gasteiger charge is 2.24. The minimum atomic E-state index is -0.0988. The predicted octanol–water partition coefficient (Wildman–Crippen LogP) is 5.07. The SMILES string of the molecule is CC(C)(C)SS(=C(Cl)Cl)C(C)(C)C. The molecule has 0 fully saturated rings. The molecule has 0 bridgehead atoms. The van der Waals surface area contributed by atoms with Gasteiger partial charge in [0.2, 0.25) is 0 Å². The molecule has 0 nitrogen and oxygen atoms in total. The second kappa shape index (κ2) is 4.78. The molecule has 0 rings (SSSR count). The van der Waals surface area contributed by atoms with E-state index in [0.29, 0.717) is 3.78 Å². The third-order valence-electron chi connectivity index (χ3n) is 1.03. The molecular weight excluding hydrogens is 243 g/mol. The van der Waals surface area contributed by atoms with Crippen molar-refractivity contribution in [2.75, 3.05) is 0 Å². The molecule has 0 saturated heterocycles. The van der Waals surface area contributed by atoms with Crippen LogP contribution in [-0.4, -0.2) is 13.3 Å². The molecule has 80 valence electrons. The minimum Gasteiger partial charge on any atom is -0.0921 e. The molecule has 0 aliphatic carbocycles. The van der Waals surface area contributed by atoms with Gasteiger partial charge in [0.05, 0.1) is 0 Å². The summed E-state index contributed by atoms with van der Waals surface area (Å²) in [5, 5.41) is 0. The van der Waals surface area contributed by atoms with E-state index in [1.807, 2.05) is 10.8 Å². The maximum atomic E-state index is 5.91. The van der Waals surface area contributed by atoms with E-state index in [1.165, 1.54) is 0 Å². The van der Waals surface area contributed by atoms with Gasteiger partial charge in [0.15, 0.2) is 0 Å². The van der Waals surface area contributed by atoms with Crippen molar-refractivity contribution >= 4 is 47.3 Å². The van der Waals surface area contributed by atoms with Gasteiger partial charge in [0.1, 0.15) is 3.78 Å². The van der Waals surface area contributed by atoms with Crippen LogP contribution in [-0.2, 0) is 0 Å². The fourth-order valence-corrected chi connectivity index (χ4v) is 6.31. The van der Waals surface area contributed by atoms with Crippen LogP contribution in [0.1, 0.15) is 41.5 Å². The standard InChI is InChI=1S/C9H18Cl2S2/c1-8(2,3)12-13(7(10)11)9(4,5)6/h1-6H3. The summed E-state index contributed by atoms with van der Waals surface area (Å²) in [5.41, 5.74) is 0. The summed E-state index contributed by atoms with van der Waals surface area (Å²) in [6, 6.07) is 0. The van der Waals surface area contributed by atoms with Gasteiger partial charge in [-0.3, -0.25) is 0 Å². The molecule has 0 aromatic carbocycles. The van der Waals surface area contributed by atoms with Gasteiger partial charge >= 0.3 is 0 Å². The monoisotopic (exact) mass is 260 g/mol. The van der Waals surface area contributed by atoms with Gasteiger partial charge in [-0.25, -0.2) is 0 Å². The topological polar surface area (TPSA) is 0 Å². The van der Waals surface area contributed by atoms with Gasteiger partial charge in [-0.2, -0.15) is 0 Å². The Morgan fingerprint density at radius 1 is 1.00 bits per heavy atom. The Morgan fingerprint density at radius 2 is 1.38 bits per heavy atom. The van der Waals surface area contributed by atoms with Crippen LogP contribution in [0.2, 0.25) is 0 Å². The first-order valence-corrected chi connectivity index (χ1v) is 7.47. The van der Waals surface area contributed by atoms with Gasteiger partial charge < -0.3 is 0 Å². The quantitative estimate of drug-likeness (QED) is 0.361. The molecule has 0 amide bonds. The lowest BCUT2D eigenvalue weighted by molar-refractivity contribution is 0.798. The number of halogens is 2. The van der Waals surface area contributed by atoms with Crippen LogP contribution in [0.25, 0.3) is 0 Å². The van der Waals surface area contributed by atoms with E-state index in [4.69, 9.17) is 23.2 Å². The van der Waals surface area contributed by atoms with Crippen molar-refractivity contribution in [1.29, 1.82) is 0 Å². The third kappa shape index (κ3) is 6.27. The molecule has 0 aromatic heterocycles. The van der Waals surface area contributed by atoms with Crippen LogP contribution in [0.5, 0.6) is 0 Å². The molecule has 0 aliphatic rings. The lowest BCUT2D eigenvalue weighted by Crippen LogP contribution is -2.15. The Balaban J connectivity index is 4.80. The lowest BCUT2D eigenvalue weighted by Gasteiger charge is -2.29. The second-order valence-corrected chi connectivity index (χ2v) is 11.3. The van der Waals surface area contributed by atoms with E-state index in [0.717, 1.165) is 0 Å². The molecule has 0 spiro atoms. The highest BCUT2D eigenvalue weighted by Crippen LogP contribution is 2.51. The first-order valence-electron chi connectivity index (χ1n) is 4.16. The third-order valence-corrected chi connectivity index (χ3v) is 8.56. The van der Waals surface area contributed by atoms with E-state index in [-0.39, 0.29) is 19.0 Å². The van der Waals surface area contributed by atoms with Gasteiger partial charge in [0, 0.05) is 9.49 Å². The Bertz CT molecular complexity index is 205. The highest BCUT2D eigenvalue weighted by atomic mass is 35.5. The zero-order valence-corrected chi connectivity index (χ0v) is 12.2. The Kier molecular flexibility index (Phi) is 5.20. The molecule has 1 atom stereocenters. The van der Waals surface area contributed by atoms with E-state index in [9.17, 15) is 0 Å². The van der Waals surface area contributed by atoms with Crippen LogP contribution in [0.3, 0.4) is 0 Å². The molecule has 0 aliphatic heterocycles. The summed E-state index contributed by atoms with van der Waals surface area (Å²) in [6.07, 6.45) is 0. The molecule has 0 aromatic rings. The minimum absolute atomic E-state index is 0.0988. The summed E-state index contributed by atoms with van der Waals surface area (Å²) >= 11 is 11.8. The predicted molar refractivity (Wildman–Crippen MR) is 71.4 cm³/mol. The summed E-state index contributed by atoms with van der Waals surface area (Å²) in [7, 11) is 1.74. The maximum absolute atomic E-state index is 5.91. The molecular formula is C9H18Cl2S2. The summed E-state index contributed by atoms with van der Waals surface area (Å²) < 4.78 is 0.842. The zero-order valence-electron chi connectivity index (χ0n) is 9.07. The first-order chi connectivity index (χ1) is 5.54. The van der Waals surface area contributed by atoms with Crippen molar-refractivity contribution in [3.63, 3.8) is 0 Å². The molecule has 13 heavy (non-hydrogen) atoms. The molecule has 0 heterocycles. The summed E-state index contributed by atoms with van der Waals surface area (Å²) in [5.74, 6) is 0. The Morgan fingerprint density at radius 3 is 1.46 bits per heavy atom. The highest BCUT2D eigenvalue weighted by molar-refractivity contribution is 8.85. The van der Waals surface area contributed by atoms with E-state index >= 15 is 0 Å². The Labute approximate surface area is 98.1 Å². The van der Waals surface area contributed by atoms with Crippen LogP contribution < -0.4 is 0 Å². The van der Waals surface area contributed by atoms with Gasteiger partial charge in [-0.15, -0.1) is 0 Å².